The third-order valence-corrected chi connectivity index (χ3v) is 5.91. The summed E-state index contributed by atoms with van der Waals surface area (Å²) in [5.74, 6) is -2.78. The molecule has 0 radical (unpaired) electrons. The highest BCUT2D eigenvalue weighted by molar-refractivity contribution is 5.75. The maximum Gasteiger partial charge on any atom is 0.490 e. The third kappa shape index (κ3) is 9.05. The highest BCUT2D eigenvalue weighted by atomic mass is 19.4. The van der Waals surface area contributed by atoms with Gasteiger partial charge in [0.1, 0.15) is 23.1 Å². The lowest BCUT2D eigenvalue weighted by atomic mass is 10.0. The first-order valence-corrected chi connectivity index (χ1v) is 11.5. The number of nitrogens with zero attached hydrogens (tertiary/aromatic N) is 2. The SMILES string of the molecule is COc1ccc(CNC(=O)N(Cc2ccc(F)cc2F)C2CCN(C)CC2)c(OC)c1.O=C(O)C(F)(F)F. The zero-order valence-corrected chi connectivity index (χ0v) is 21.1. The number of nitrogens with one attached hydrogen (secondary N) is 1. The van der Waals surface area contributed by atoms with Crippen LogP contribution in [0.25, 0.3) is 0 Å². The molecule has 0 aromatic heterocycles. The number of alkyl halides is 3. The first-order valence-electron chi connectivity index (χ1n) is 11.5. The molecule has 0 saturated carbocycles. The predicted octanol–water partition coefficient (Wildman–Crippen LogP) is 4.42. The number of piperidine rings is 1. The molecule has 2 N–H and O–H groups in total. The van der Waals surface area contributed by atoms with Crippen LogP contribution in [0.3, 0.4) is 0 Å². The van der Waals surface area contributed by atoms with E-state index in [4.69, 9.17) is 19.4 Å². The fourth-order valence-electron chi connectivity index (χ4n) is 3.78. The van der Waals surface area contributed by atoms with Crippen molar-refractivity contribution in [2.45, 2.75) is 38.1 Å². The molecular formula is C25H30F5N3O5. The van der Waals surface area contributed by atoms with E-state index in [1.807, 2.05) is 13.1 Å². The number of benzene rings is 2. The molecule has 210 valence electrons. The summed E-state index contributed by atoms with van der Waals surface area (Å²) in [6.45, 7) is 2.03. The number of carbonyl (C=O) groups is 2. The molecule has 2 aromatic rings. The summed E-state index contributed by atoms with van der Waals surface area (Å²) in [6.07, 6.45) is -3.50. The third-order valence-electron chi connectivity index (χ3n) is 5.91. The number of likely N-dealkylation sites (tertiary alicyclic amines) is 1. The molecule has 0 atom stereocenters. The Morgan fingerprint density at radius 3 is 2.18 bits per heavy atom. The van der Waals surface area contributed by atoms with Gasteiger partial charge in [0.05, 0.1) is 20.8 Å². The van der Waals surface area contributed by atoms with Gasteiger partial charge in [-0.1, -0.05) is 6.07 Å². The van der Waals surface area contributed by atoms with Crippen molar-refractivity contribution >= 4 is 12.0 Å². The number of carboxylic acid groups (broad SMARTS) is 1. The smallest absolute Gasteiger partial charge is 0.490 e. The van der Waals surface area contributed by atoms with Crippen molar-refractivity contribution in [2.75, 3.05) is 34.4 Å². The van der Waals surface area contributed by atoms with Crippen LogP contribution < -0.4 is 14.8 Å². The van der Waals surface area contributed by atoms with Crippen LogP contribution in [0.2, 0.25) is 0 Å². The number of hydrogen-bond acceptors (Lipinski definition) is 5. The summed E-state index contributed by atoms with van der Waals surface area (Å²) in [7, 11) is 5.17. The number of carboxylic acids is 1. The molecule has 0 aliphatic carbocycles. The molecule has 13 heteroatoms. The summed E-state index contributed by atoms with van der Waals surface area (Å²) in [6, 6.07) is 8.52. The molecule has 38 heavy (non-hydrogen) atoms. The quantitative estimate of drug-likeness (QED) is 0.499. The van der Waals surface area contributed by atoms with Crippen LogP contribution in [0.4, 0.5) is 26.7 Å². The van der Waals surface area contributed by atoms with Gasteiger partial charge in [-0.3, -0.25) is 0 Å². The highest BCUT2D eigenvalue weighted by Crippen LogP contribution is 2.25. The van der Waals surface area contributed by atoms with E-state index in [0.717, 1.165) is 37.6 Å². The number of ether oxygens (including phenoxy) is 2. The zero-order valence-electron chi connectivity index (χ0n) is 21.1. The number of urea groups is 1. The lowest BCUT2D eigenvalue weighted by molar-refractivity contribution is -0.192. The molecule has 1 heterocycles. The molecule has 1 aliphatic rings. The Balaban J connectivity index is 0.000000638. The predicted molar refractivity (Wildman–Crippen MR) is 128 cm³/mol. The van der Waals surface area contributed by atoms with Crippen molar-refractivity contribution in [3.05, 3.63) is 59.2 Å². The van der Waals surface area contributed by atoms with E-state index in [0.29, 0.717) is 11.5 Å². The monoisotopic (exact) mass is 547 g/mol. The van der Waals surface area contributed by atoms with Gasteiger partial charge in [-0.25, -0.2) is 18.4 Å². The molecule has 0 spiro atoms. The molecular weight excluding hydrogens is 517 g/mol. The molecule has 8 nitrogen and oxygen atoms in total. The van der Waals surface area contributed by atoms with Gasteiger partial charge in [-0.05, 0) is 51.2 Å². The Hall–Kier alpha value is -3.61. The minimum atomic E-state index is -5.08. The molecule has 0 unspecified atom stereocenters. The van der Waals surface area contributed by atoms with Crippen molar-refractivity contribution in [2.24, 2.45) is 0 Å². The van der Waals surface area contributed by atoms with Gasteiger partial charge < -0.3 is 29.7 Å². The number of amides is 2. The molecule has 3 rings (SSSR count). The highest BCUT2D eigenvalue weighted by Gasteiger charge is 2.38. The van der Waals surface area contributed by atoms with Crippen LogP contribution in [0.1, 0.15) is 24.0 Å². The lowest BCUT2D eigenvalue weighted by Gasteiger charge is -2.37. The van der Waals surface area contributed by atoms with Gasteiger partial charge in [0.2, 0.25) is 0 Å². The maximum absolute atomic E-state index is 14.3. The van der Waals surface area contributed by atoms with Crippen LogP contribution in [-0.2, 0) is 17.9 Å². The van der Waals surface area contributed by atoms with Crippen molar-refractivity contribution in [1.82, 2.24) is 15.1 Å². The summed E-state index contributed by atoms with van der Waals surface area (Å²) in [4.78, 5) is 25.9. The van der Waals surface area contributed by atoms with E-state index in [1.165, 1.54) is 12.1 Å². The van der Waals surface area contributed by atoms with Gasteiger partial charge in [0.25, 0.3) is 0 Å². The zero-order chi connectivity index (χ0) is 28.5. The van der Waals surface area contributed by atoms with Gasteiger partial charge >= 0.3 is 18.2 Å². The van der Waals surface area contributed by atoms with Crippen molar-refractivity contribution in [1.29, 1.82) is 0 Å². The molecule has 2 amide bonds. The number of methoxy groups -OCH3 is 2. The van der Waals surface area contributed by atoms with E-state index in [2.05, 4.69) is 10.2 Å². The van der Waals surface area contributed by atoms with Crippen LogP contribution in [-0.4, -0.2) is 73.5 Å². The van der Waals surface area contributed by atoms with E-state index in [9.17, 15) is 26.7 Å². The normalized spacial score (nSPS) is 14.2. The standard InChI is InChI=1S/C23H29F2N3O3.C2HF3O2/c1-27-10-8-19(9-11-27)28(15-17-4-6-18(24)12-21(17)25)23(29)26-14-16-5-7-20(30-2)13-22(16)31-3;3-2(4,5)1(6)7/h4-7,12-13,19H,8-11,14-15H2,1-3H3,(H,26,29);(H,6,7). The van der Waals surface area contributed by atoms with Crippen LogP contribution >= 0.6 is 0 Å². The number of rotatable bonds is 7. The average Bonchev–Trinajstić information content (AvgIpc) is 2.87. The number of carbonyl (C=O) groups excluding carboxylic acids is 1. The fourth-order valence-corrected chi connectivity index (χ4v) is 3.78. The van der Waals surface area contributed by atoms with E-state index >= 15 is 0 Å². The number of aliphatic carboxylic acids is 1. The maximum atomic E-state index is 14.3. The van der Waals surface area contributed by atoms with Crippen molar-refractivity contribution in [3.63, 3.8) is 0 Å². The second kappa shape index (κ2) is 13.8. The Bertz CT molecular complexity index is 1090. The lowest BCUT2D eigenvalue weighted by Crippen LogP contribution is -2.49. The van der Waals surface area contributed by atoms with Crippen molar-refractivity contribution in [3.8, 4) is 11.5 Å². The average molecular weight is 548 g/mol. The molecule has 2 aromatic carbocycles. The Morgan fingerprint density at radius 1 is 1.05 bits per heavy atom. The van der Waals surface area contributed by atoms with Gasteiger partial charge in [-0.2, -0.15) is 13.2 Å². The minimum absolute atomic E-state index is 0.0292. The summed E-state index contributed by atoms with van der Waals surface area (Å²) in [5.41, 5.74) is 1.09. The summed E-state index contributed by atoms with van der Waals surface area (Å²) < 4.78 is 69.9. The molecule has 1 fully saturated rings. The van der Waals surface area contributed by atoms with Crippen LogP contribution in [0, 0.1) is 11.6 Å². The Labute approximate surface area is 216 Å². The molecule has 1 aliphatic heterocycles. The topological polar surface area (TPSA) is 91.3 Å². The second-order valence-electron chi connectivity index (χ2n) is 8.54. The summed E-state index contributed by atoms with van der Waals surface area (Å²) >= 11 is 0. The first-order chi connectivity index (χ1) is 17.8. The minimum Gasteiger partial charge on any atom is -0.497 e. The van der Waals surface area contributed by atoms with Gasteiger partial charge in [0.15, 0.2) is 0 Å². The second-order valence-corrected chi connectivity index (χ2v) is 8.54. The molecule has 1 saturated heterocycles. The van der Waals surface area contributed by atoms with Crippen LogP contribution in [0.5, 0.6) is 11.5 Å². The number of halogens is 5. The Kier molecular flexibility index (Phi) is 11.1. The van der Waals surface area contributed by atoms with Crippen molar-refractivity contribution < 1.29 is 46.1 Å². The first kappa shape index (κ1) is 30.6. The van der Waals surface area contributed by atoms with E-state index < -0.39 is 23.8 Å². The van der Waals surface area contributed by atoms with E-state index in [-0.39, 0.29) is 30.7 Å². The van der Waals surface area contributed by atoms with Gasteiger partial charge in [-0.15, -0.1) is 0 Å². The number of hydrogen-bond donors (Lipinski definition) is 2. The molecule has 0 bridgehead atoms. The summed E-state index contributed by atoms with van der Waals surface area (Å²) in [5, 5.41) is 10.1. The van der Waals surface area contributed by atoms with Gasteiger partial charge in [0, 0.05) is 35.8 Å². The van der Waals surface area contributed by atoms with E-state index in [1.54, 1.807) is 31.3 Å². The largest absolute Gasteiger partial charge is 0.497 e. The van der Waals surface area contributed by atoms with Crippen LogP contribution in [0.15, 0.2) is 36.4 Å². The fraction of sp³-hybridized carbons (Fsp3) is 0.440. The Morgan fingerprint density at radius 2 is 1.66 bits per heavy atom.